The Hall–Kier alpha value is -2.74. The molecule has 0 radical (unpaired) electrons. The number of benzene rings is 3. The molecule has 1 heterocycles. The van der Waals surface area contributed by atoms with Gasteiger partial charge in [0.15, 0.2) is 0 Å². The lowest BCUT2D eigenvalue weighted by molar-refractivity contribution is 0.322. The van der Waals surface area contributed by atoms with Gasteiger partial charge >= 0.3 is 0 Å². The minimum absolute atomic E-state index is 0.698. The minimum Gasteiger partial charge on any atom is -0.493 e. The Kier molecular flexibility index (Phi) is 4.20. The molecular weight excluding hydrogens is 294 g/mol. The van der Waals surface area contributed by atoms with Crippen LogP contribution in [-0.2, 0) is 12.8 Å². The molecule has 1 aliphatic heterocycles. The molecule has 0 unspecified atom stereocenters. The smallest absolute Gasteiger partial charge is 0.121 e. The summed E-state index contributed by atoms with van der Waals surface area (Å²) in [5.41, 5.74) is 6.42. The largest absolute Gasteiger partial charge is 0.493 e. The molecule has 4 rings (SSSR count). The summed E-state index contributed by atoms with van der Waals surface area (Å²) >= 11 is 0. The Morgan fingerprint density at radius 2 is 1.62 bits per heavy atom. The van der Waals surface area contributed by atoms with Gasteiger partial charge in [-0.3, -0.25) is 0 Å². The van der Waals surface area contributed by atoms with Crippen LogP contribution in [0, 0.1) is 0 Å². The summed E-state index contributed by atoms with van der Waals surface area (Å²) in [5.74, 6) is 0.948. The standard InChI is InChI=1S/C22H21NO/c1-2-4-18(5-3-1)19-8-6-17(7-9-19)13-15-24-21-11-10-20-12-14-23-22(20)16-21/h1-11,16,23H,12-15H2. The molecule has 0 spiro atoms. The number of ether oxygens (including phenoxy) is 1. The fourth-order valence-electron chi connectivity index (χ4n) is 3.14. The van der Waals surface area contributed by atoms with Crippen molar-refractivity contribution in [2.24, 2.45) is 0 Å². The lowest BCUT2D eigenvalue weighted by Crippen LogP contribution is -2.01. The predicted octanol–water partition coefficient (Wildman–Crippen LogP) is 4.94. The predicted molar refractivity (Wildman–Crippen MR) is 99.7 cm³/mol. The van der Waals surface area contributed by atoms with Gasteiger partial charge < -0.3 is 10.1 Å². The quantitative estimate of drug-likeness (QED) is 0.720. The molecule has 2 nitrogen and oxygen atoms in total. The van der Waals surface area contributed by atoms with Crippen molar-refractivity contribution in [3.05, 3.63) is 83.9 Å². The number of hydrogen-bond acceptors (Lipinski definition) is 2. The maximum Gasteiger partial charge on any atom is 0.121 e. The molecule has 0 saturated heterocycles. The molecule has 0 aliphatic carbocycles. The fourth-order valence-corrected chi connectivity index (χ4v) is 3.14. The van der Waals surface area contributed by atoms with Gasteiger partial charge in [0, 0.05) is 24.7 Å². The van der Waals surface area contributed by atoms with E-state index in [-0.39, 0.29) is 0 Å². The highest BCUT2D eigenvalue weighted by Crippen LogP contribution is 2.27. The van der Waals surface area contributed by atoms with Crippen molar-refractivity contribution in [2.45, 2.75) is 12.8 Å². The molecular formula is C22H21NO. The van der Waals surface area contributed by atoms with Crippen molar-refractivity contribution in [3.8, 4) is 16.9 Å². The SMILES string of the molecule is c1ccc(-c2ccc(CCOc3ccc4c(c3)NCC4)cc2)cc1. The summed E-state index contributed by atoms with van der Waals surface area (Å²) in [6, 6.07) is 25.6. The van der Waals surface area contributed by atoms with E-state index >= 15 is 0 Å². The summed E-state index contributed by atoms with van der Waals surface area (Å²) in [7, 11) is 0. The van der Waals surface area contributed by atoms with Crippen LogP contribution >= 0.6 is 0 Å². The second kappa shape index (κ2) is 6.79. The first-order chi connectivity index (χ1) is 11.9. The van der Waals surface area contributed by atoms with Crippen LogP contribution in [0.5, 0.6) is 5.75 Å². The zero-order chi connectivity index (χ0) is 16.2. The first kappa shape index (κ1) is 14.8. The summed E-state index contributed by atoms with van der Waals surface area (Å²) < 4.78 is 5.91. The van der Waals surface area contributed by atoms with E-state index in [1.54, 1.807) is 0 Å². The van der Waals surface area contributed by atoms with Crippen LogP contribution in [0.2, 0.25) is 0 Å². The summed E-state index contributed by atoms with van der Waals surface area (Å²) in [4.78, 5) is 0. The Morgan fingerprint density at radius 1 is 0.833 bits per heavy atom. The number of rotatable bonds is 5. The lowest BCUT2D eigenvalue weighted by atomic mass is 10.0. The fraction of sp³-hybridized carbons (Fsp3) is 0.182. The van der Waals surface area contributed by atoms with Gasteiger partial charge in [0.1, 0.15) is 5.75 Å². The second-order valence-corrected chi connectivity index (χ2v) is 6.16. The summed E-state index contributed by atoms with van der Waals surface area (Å²) in [6.07, 6.45) is 2.03. The third kappa shape index (κ3) is 3.28. The highest BCUT2D eigenvalue weighted by molar-refractivity contribution is 5.63. The number of fused-ring (bicyclic) bond motifs is 1. The van der Waals surface area contributed by atoms with E-state index in [9.17, 15) is 0 Å². The number of anilines is 1. The maximum atomic E-state index is 5.91. The number of hydrogen-bond donors (Lipinski definition) is 1. The third-order valence-corrected chi connectivity index (χ3v) is 4.51. The molecule has 0 saturated carbocycles. The van der Waals surface area contributed by atoms with Crippen molar-refractivity contribution < 1.29 is 4.74 Å². The Labute approximate surface area is 143 Å². The molecule has 2 heteroatoms. The lowest BCUT2D eigenvalue weighted by Gasteiger charge is -2.09. The average Bonchev–Trinajstić information content (AvgIpc) is 3.11. The molecule has 0 atom stereocenters. The van der Waals surface area contributed by atoms with Crippen LogP contribution in [0.4, 0.5) is 5.69 Å². The van der Waals surface area contributed by atoms with Crippen molar-refractivity contribution >= 4 is 5.69 Å². The highest BCUT2D eigenvalue weighted by atomic mass is 16.5. The van der Waals surface area contributed by atoms with Crippen molar-refractivity contribution in [3.63, 3.8) is 0 Å². The molecule has 1 aliphatic rings. The van der Waals surface area contributed by atoms with E-state index in [4.69, 9.17) is 4.74 Å². The first-order valence-corrected chi connectivity index (χ1v) is 8.52. The van der Waals surface area contributed by atoms with Crippen LogP contribution in [0.1, 0.15) is 11.1 Å². The van der Waals surface area contributed by atoms with Crippen LogP contribution < -0.4 is 10.1 Å². The maximum absolute atomic E-state index is 5.91. The zero-order valence-corrected chi connectivity index (χ0v) is 13.7. The van der Waals surface area contributed by atoms with Crippen molar-refractivity contribution in [1.29, 1.82) is 0 Å². The van der Waals surface area contributed by atoms with Gasteiger partial charge in [0.2, 0.25) is 0 Å². The summed E-state index contributed by atoms with van der Waals surface area (Å²) in [6.45, 7) is 1.73. The molecule has 0 bridgehead atoms. The third-order valence-electron chi connectivity index (χ3n) is 4.51. The first-order valence-electron chi connectivity index (χ1n) is 8.52. The Balaban J connectivity index is 1.35. The second-order valence-electron chi connectivity index (χ2n) is 6.16. The number of nitrogens with one attached hydrogen (secondary N) is 1. The molecule has 3 aromatic rings. The van der Waals surface area contributed by atoms with E-state index in [2.05, 4.69) is 72.0 Å². The van der Waals surface area contributed by atoms with Gasteiger partial charge in [0.25, 0.3) is 0 Å². The van der Waals surface area contributed by atoms with Gasteiger partial charge in [-0.1, -0.05) is 60.7 Å². The normalized spacial score (nSPS) is 12.5. The van der Waals surface area contributed by atoms with Crippen molar-refractivity contribution in [2.75, 3.05) is 18.5 Å². The molecule has 120 valence electrons. The van der Waals surface area contributed by atoms with E-state index in [1.165, 1.54) is 27.9 Å². The molecule has 0 aromatic heterocycles. The van der Waals surface area contributed by atoms with Gasteiger partial charge in [0.05, 0.1) is 6.61 Å². The van der Waals surface area contributed by atoms with Gasteiger partial charge in [-0.2, -0.15) is 0 Å². The zero-order valence-electron chi connectivity index (χ0n) is 13.7. The Morgan fingerprint density at radius 3 is 2.46 bits per heavy atom. The van der Waals surface area contributed by atoms with E-state index in [1.807, 2.05) is 6.07 Å². The van der Waals surface area contributed by atoms with E-state index in [0.717, 1.165) is 25.1 Å². The van der Waals surface area contributed by atoms with E-state index < -0.39 is 0 Å². The molecule has 0 fully saturated rings. The van der Waals surface area contributed by atoms with Crippen LogP contribution in [0.3, 0.4) is 0 Å². The molecule has 0 amide bonds. The molecule has 3 aromatic carbocycles. The Bertz CT molecular complexity index is 809. The van der Waals surface area contributed by atoms with Crippen LogP contribution in [-0.4, -0.2) is 13.2 Å². The average molecular weight is 315 g/mol. The highest BCUT2D eigenvalue weighted by Gasteiger charge is 2.10. The van der Waals surface area contributed by atoms with Gasteiger partial charge in [-0.25, -0.2) is 0 Å². The minimum atomic E-state index is 0.698. The van der Waals surface area contributed by atoms with Crippen molar-refractivity contribution in [1.82, 2.24) is 0 Å². The van der Waals surface area contributed by atoms with E-state index in [0.29, 0.717) is 6.61 Å². The summed E-state index contributed by atoms with van der Waals surface area (Å²) in [5, 5.41) is 3.39. The monoisotopic (exact) mass is 315 g/mol. The molecule has 1 N–H and O–H groups in total. The van der Waals surface area contributed by atoms with Crippen LogP contribution in [0.25, 0.3) is 11.1 Å². The van der Waals surface area contributed by atoms with Gasteiger partial charge in [-0.05, 0) is 34.7 Å². The van der Waals surface area contributed by atoms with Crippen LogP contribution in [0.15, 0.2) is 72.8 Å². The van der Waals surface area contributed by atoms with Gasteiger partial charge in [-0.15, -0.1) is 0 Å². The molecule has 24 heavy (non-hydrogen) atoms. The topological polar surface area (TPSA) is 21.3 Å².